The smallest absolute Gasteiger partial charge is 0.225 e. The van der Waals surface area contributed by atoms with Gasteiger partial charge in [-0.1, -0.05) is 42.5 Å². The number of fused-ring (bicyclic) bond motifs is 1. The van der Waals surface area contributed by atoms with Gasteiger partial charge in [-0.05, 0) is 43.0 Å². The standard InChI is InChI=1S/C20H24N2O2/c1-15(13-19(23)22-17-8-3-2-4-9-17)21-14-20(24)12-11-16-7-5-6-10-18(16)20/h2-10,15,21,24H,11-14H2,1H3,(H,22,23). The van der Waals surface area contributed by atoms with Gasteiger partial charge < -0.3 is 15.7 Å². The minimum atomic E-state index is -0.833. The lowest BCUT2D eigenvalue weighted by Gasteiger charge is -2.26. The molecule has 0 aliphatic heterocycles. The zero-order valence-corrected chi connectivity index (χ0v) is 14.0. The number of anilines is 1. The summed E-state index contributed by atoms with van der Waals surface area (Å²) >= 11 is 0. The summed E-state index contributed by atoms with van der Waals surface area (Å²) in [6.07, 6.45) is 1.99. The van der Waals surface area contributed by atoms with Crippen molar-refractivity contribution >= 4 is 11.6 Å². The molecular weight excluding hydrogens is 300 g/mol. The van der Waals surface area contributed by atoms with Gasteiger partial charge in [-0.15, -0.1) is 0 Å². The van der Waals surface area contributed by atoms with Crippen molar-refractivity contribution in [3.8, 4) is 0 Å². The summed E-state index contributed by atoms with van der Waals surface area (Å²) in [6, 6.07) is 17.5. The molecule has 126 valence electrons. The quantitative estimate of drug-likeness (QED) is 0.766. The minimum absolute atomic E-state index is 0.00880. The Bertz CT molecular complexity index is 702. The molecule has 24 heavy (non-hydrogen) atoms. The minimum Gasteiger partial charge on any atom is -0.384 e. The highest BCUT2D eigenvalue weighted by atomic mass is 16.3. The molecule has 0 fully saturated rings. The number of aliphatic hydroxyl groups is 1. The number of nitrogens with one attached hydrogen (secondary N) is 2. The van der Waals surface area contributed by atoms with E-state index in [0.717, 1.165) is 24.1 Å². The molecule has 2 atom stereocenters. The van der Waals surface area contributed by atoms with Crippen molar-refractivity contribution in [2.75, 3.05) is 11.9 Å². The van der Waals surface area contributed by atoms with Crippen molar-refractivity contribution in [3.63, 3.8) is 0 Å². The van der Waals surface area contributed by atoms with Crippen LogP contribution in [0, 0.1) is 0 Å². The van der Waals surface area contributed by atoms with Crippen LogP contribution < -0.4 is 10.6 Å². The van der Waals surface area contributed by atoms with Gasteiger partial charge in [0.25, 0.3) is 0 Å². The molecule has 1 aliphatic rings. The highest BCUT2D eigenvalue weighted by Gasteiger charge is 2.36. The Hall–Kier alpha value is -2.17. The highest BCUT2D eigenvalue weighted by Crippen LogP contribution is 2.36. The third-order valence-corrected chi connectivity index (χ3v) is 4.62. The van der Waals surface area contributed by atoms with Gasteiger partial charge in [0.15, 0.2) is 0 Å². The predicted octanol–water partition coefficient (Wildman–Crippen LogP) is 2.83. The molecule has 0 heterocycles. The zero-order valence-electron chi connectivity index (χ0n) is 14.0. The molecule has 4 nitrogen and oxygen atoms in total. The molecule has 0 spiro atoms. The van der Waals surface area contributed by atoms with Crippen LogP contribution in [0.1, 0.15) is 30.9 Å². The maximum absolute atomic E-state index is 12.1. The summed E-state index contributed by atoms with van der Waals surface area (Å²) in [5.74, 6) is -0.0278. The van der Waals surface area contributed by atoms with Crippen molar-refractivity contribution in [2.24, 2.45) is 0 Å². The second kappa shape index (κ2) is 7.16. The lowest BCUT2D eigenvalue weighted by molar-refractivity contribution is -0.116. The van der Waals surface area contributed by atoms with Gasteiger partial charge in [-0.25, -0.2) is 0 Å². The number of hydrogen-bond acceptors (Lipinski definition) is 3. The molecule has 1 aliphatic carbocycles. The fourth-order valence-corrected chi connectivity index (χ4v) is 3.28. The van der Waals surface area contributed by atoms with Crippen molar-refractivity contribution in [3.05, 3.63) is 65.7 Å². The Kier molecular flexibility index (Phi) is 4.97. The Morgan fingerprint density at radius 3 is 2.67 bits per heavy atom. The van der Waals surface area contributed by atoms with Gasteiger partial charge in [0.05, 0.1) is 0 Å². The first-order valence-electron chi connectivity index (χ1n) is 8.46. The summed E-state index contributed by atoms with van der Waals surface area (Å²) in [7, 11) is 0. The van der Waals surface area contributed by atoms with E-state index in [4.69, 9.17) is 0 Å². The SMILES string of the molecule is CC(CC(=O)Nc1ccccc1)NCC1(O)CCc2ccccc21. The Balaban J connectivity index is 1.51. The molecule has 4 heteroatoms. The first-order valence-corrected chi connectivity index (χ1v) is 8.46. The average molecular weight is 324 g/mol. The molecule has 2 aromatic rings. The molecule has 0 saturated carbocycles. The van der Waals surface area contributed by atoms with Crippen LogP contribution in [0.3, 0.4) is 0 Å². The molecule has 3 N–H and O–H groups in total. The average Bonchev–Trinajstić information content (AvgIpc) is 2.92. The monoisotopic (exact) mass is 324 g/mol. The van der Waals surface area contributed by atoms with E-state index in [1.807, 2.05) is 55.5 Å². The summed E-state index contributed by atoms with van der Waals surface area (Å²) in [6.45, 7) is 2.43. The Labute approximate surface area is 142 Å². The molecule has 0 aromatic heterocycles. The topological polar surface area (TPSA) is 61.4 Å². The number of hydrogen-bond donors (Lipinski definition) is 3. The lowest BCUT2D eigenvalue weighted by atomic mass is 9.95. The molecule has 0 saturated heterocycles. The van der Waals surface area contributed by atoms with E-state index in [-0.39, 0.29) is 11.9 Å². The van der Waals surface area contributed by atoms with Crippen LogP contribution in [0.4, 0.5) is 5.69 Å². The summed E-state index contributed by atoms with van der Waals surface area (Å²) in [4.78, 5) is 12.1. The van der Waals surface area contributed by atoms with E-state index in [9.17, 15) is 9.90 Å². The normalized spacial score (nSPS) is 20.4. The number of amides is 1. The van der Waals surface area contributed by atoms with Crippen LogP contribution in [-0.2, 0) is 16.8 Å². The van der Waals surface area contributed by atoms with E-state index >= 15 is 0 Å². The van der Waals surface area contributed by atoms with Gasteiger partial charge in [0.1, 0.15) is 5.60 Å². The number of aryl methyl sites for hydroxylation is 1. The van der Waals surface area contributed by atoms with Gasteiger partial charge in [-0.2, -0.15) is 0 Å². The van der Waals surface area contributed by atoms with E-state index in [1.165, 1.54) is 5.56 Å². The van der Waals surface area contributed by atoms with Gasteiger partial charge >= 0.3 is 0 Å². The second-order valence-electron chi connectivity index (χ2n) is 6.59. The van der Waals surface area contributed by atoms with Crippen LogP contribution in [0.2, 0.25) is 0 Å². The van der Waals surface area contributed by atoms with Crippen LogP contribution in [0.5, 0.6) is 0 Å². The summed E-state index contributed by atoms with van der Waals surface area (Å²) < 4.78 is 0. The van der Waals surface area contributed by atoms with E-state index in [1.54, 1.807) is 0 Å². The zero-order chi connectivity index (χ0) is 17.0. The predicted molar refractivity (Wildman–Crippen MR) is 95.8 cm³/mol. The lowest BCUT2D eigenvalue weighted by Crippen LogP contribution is -2.41. The van der Waals surface area contributed by atoms with E-state index in [2.05, 4.69) is 16.7 Å². The largest absolute Gasteiger partial charge is 0.384 e. The molecule has 0 bridgehead atoms. The van der Waals surface area contributed by atoms with Crippen molar-refractivity contribution in [1.82, 2.24) is 5.32 Å². The van der Waals surface area contributed by atoms with E-state index < -0.39 is 5.60 Å². The second-order valence-corrected chi connectivity index (χ2v) is 6.59. The van der Waals surface area contributed by atoms with Gasteiger partial charge in [-0.3, -0.25) is 4.79 Å². The molecule has 2 aromatic carbocycles. The third-order valence-electron chi connectivity index (χ3n) is 4.62. The van der Waals surface area contributed by atoms with Crippen LogP contribution >= 0.6 is 0 Å². The number of carbonyl (C=O) groups is 1. The molecule has 1 amide bonds. The molecule has 2 unspecified atom stereocenters. The number of carbonyl (C=O) groups excluding carboxylic acids is 1. The fraction of sp³-hybridized carbons (Fsp3) is 0.350. The van der Waals surface area contributed by atoms with E-state index in [0.29, 0.717) is 13.0 Å². The summed E-state index contributed by atoms with van der Waals surface area (Å²) in [5.41, 5.74) is 2.20. The van der Waals surface area contributed by atoms with Crippen LogP contribution in [0.25, 0.3) is 0 Å². The maximum atomic E-state index is 12.1. The van der Waals surface area contributed by atoms with Crippen molar-refractivity contribution in [2.45, 2.75) is 37.8 Å². The fourth-order valence-electron chi connectivity index (χ4n) is 3.28. The number of benzene rings is 2. The van der Waals surface area contributed by atoms with Crippen molar-refractivity contribution < 1.29 is 9.90 Å². The number of rotatable bonds is 6. The molecule has 0 radical (unpaired) electrons. The van der Waals surface area contributed by atoms with Crippen LogP contribution in [0.15, 0.2) is 54.6 Å². The van der Waals surface area contributed by atoms with Gasteiger partial charge in [0, 0.05) is 24.7 Å². The maximum Gasteiger partial charge on any atom is 0.225 e. The Morgan fingerprint density at radius 1 is 1.17 bits per heavy atom. The molecule has 3 rings (SSSR count). The van der Waals surface area contributed by atoms with Crippen LogP contribution in [-0.4, -0.2) is 23.6 Å². The van der Waals surface area contributed by atoms with Crippen molar-refractivity contribution in [1.29, 1.82) is 0 Å². The first kappa shape index (κ1) is 16.7. The summed E-state index contributed by atoms with van der Waals surface area (Å²) in [5, 5.41) is 17.1. The first-order chi connectivity index (χ1) is 11.6. The Morgan fingerprint density at radius 2 is 1.88 bits per heavy atom. The highest BCUT2D eigenvalue weighted by molar-refractivity contribution is 5.90. The molecular formula is C20H24N2O2. The third kappa shape index (κ3) is 3.83. The van der Waals surface area contributed by atoms with Gasteiger partial charge in [0.2, 0.25) is 5.91 Å². The number of para-hydroxylation sites is 1.